The van der Waals surface area contributed by atoms with Crippen LogP contribution in [-0.2, 0) is 0 Å². The summed E-state index contributed by atoms with van der Waals surface area (Å²) in [7, 11) is 1.58. The maximum atomic E-state index is 10.8. The van der Waals surface area contributed by atoms with Gasteiger partial charge in [-0.05, 0) is 12.1 Å². The molecule has 78 valence electrons. The molecule has 1 aromatic carbocycles. The number of anilines is 1. The van der Waals surface area contributed by atoms with E-state index in [2.05, 4.69) is 24.5 Å². The molecule has 1 rings (SSSR count). The Bertz CT molecular complexity index is 247. The maximum absolute atomic E-state index is 10.8. The average Bonchev–Trinajstić information content (AvgIpc) is 2.20. The molecule has 3 nitrogen and oxygen atoms in total. The fourth-order valence-electron chi connectivity index (χ4n) is 0.715. The number of urea groups is 1. The smallest absolute Gasteiger partial charge is 0.318 e. The van der Waals surface area contributed by atoms with Gasteiger partial charge in [0.05, 0.1) is 0 Å². The number of para-hydroxylation sites is 1. The summed E-state index contributed by atoms with van der Waals surface area (Å²) in [5, 5.41) is 5.10. The normalized spacial score (nSPS) is 8.21. The molecule has 1 aromatic rings. The molecule has 2 N–H and O–H groups in total. The van der Waals surface area contributed by atoms with Gasteiger partial charge in [0.2, 0.25) is 0 Å². The Morgan fingerprint density at radius 2 is 1.71 bits per heavy atom. The van der Waals surface area contributed by atoms with Crippen molar-refractivity contribution in [1.82, 2.24) is 5.32 Å². The van der Waals surface area contributed by atoms with Gasteiger partial charge in [-0.25, -0.2) is 4.79 Å². The first kappa shape index (κ1) is 12.5. The van der Waals surface area contributed by atoms with Crippen molar-refractivity contribution in [1.29, 1.82) is 0 Å². The number of benzene rings is 1. The lowest BCUT2D eigenvalue weighted by atomic mass is 10.3. The number of carbonyl (C=O) groups is 1. The fourth-order valence-corrected chi connectivity index (χ4v) is 0.715. The molecule has 0 aliphatic rings. The average molecular weight is 194 g/mol. The van der Waals surface area contributed by atoms with Crippen molar-refractivity contribution in [3.8, 4) is 0 Å². The summed E-state index contributed by atoms with van der Waals surface area (Å²) in [6.45, 7) is 4.25. The van der Waals surface area contributed by atoms with Crippen molar-refractivity contribution >= 4 is 11.7 Å². The third-order valence-corrected chi connectivity index (χ3v) is 1.26. The molecule has 2 amide bonds. The van der Waals surface area contributed by atoms with Crippen LogP contribution in [0.1, 0.15) is 20.3 Å². The fraction of sp³-hybridized carbons (Fsp3) is 0.364. The third-order valence-electron chi connectivity index (χ3n) is 1.26. The topological polar surface area (TPSA) is 41.1 Å². The number of hydrogen-bond donors (Lipinski definition) is 2. The number of amides is 2. The first-order valence-corrected chi connectivity index (χ1v) is 4.78. The molecular weight excluding hydrogens is 176 g/mol. The van der Waals surface area contributed by atoms with Gasteiger partial charge in [-0.1, -0.05) is 38.5 Å². The Kier molecular flexibility index (Phi) is 7.23. The van der Waals surface area contributed by atoms with Crippen LogP contribution in [0, 0.1) is 0 Å². The SMILES string of the molecule is CCC.CNC(=O)Nc1ccccc1. The van der Waals surface area contributed by atoms with Gasteiger partial charge < -0.3 is 10.6 Å². The molecule has 0 spiro atoms. The minimum absolute atomic E-state index is 0.198. The third kappa shape index (κ3) is 6.06. The zero-order valence-electron chi connectivity index (χ0n) is 9.00. The second-order valence-electron chi connectivity index (χ2n) is 2.78. The molecule has 0 saturated carbocycles. The zero-order valence-corrected chi connectivity index (χ0v) is 9.00. The molecule has 0 bridgehead atoms. The molecule has 3 heteroatoms. The standard InChI is InChI=1S/C8H10N2O.C3H8/c1-9-8(11)10-7-5-3-2-4-6-7;1-3-2/h2-6H,1H3,(H2,9,10,11);3H2,1-2H3. The molecule has 0 atom stereocenters. The highest BCUT2D eigenvalue weighted by Crippen LogP contribution is 2.03. The summed E-state index contributed by atoms with van der Waals surface area (Å²) < 4.78 is 0. The molecule has 0 heterocycles. The largest absolute Gasteiger partial charge is 0.341 e. The zero-order chi connectivity index (χ0) is 10.8. The van der Waals surface area contributed by atoms with Crippen molar-refractivity contribution in [2.45, 2.75) is 20.3 Å². The van der Waals surface area contributed by atoms with E-state index in [9.17, 15) is 4.79 Å². The summed E-state index contributed by atoms with van der Waals surface area (Å²) in [6.07, 6.45) is 1.25. The van der Waals surface area contributed by atoms with E-state index < -0.39 is 0 Å². The molecule has 0 radical (unpaired) electrons. The van der Waals surface area contributed by atoms with Crippen LogP contribution in [-0.4, -0.2) is 13.1 Å². The summed E-state index contributed by atoms with van der Waals surface area (Å²) in [5.74, 6) is 0. The molecule has 0 fully saturated rings. The van der Waals surface area contributed by atoms with Gasteiger partial charge in [0.1, 0.15) is 0 Å². The second-order valence-corrected chi connectivity index (χ2v) is 2.78. The van der Waals surface area contributed by atoms with E-state index in [1.165, 1.54) is 6.42 Å². The van der Waals surface area contributed by atoms with E-state index in [1.54, 1.807) is 7.05 Å². The predicted molar refractivity (Wildman–Crippen MR) is 60.5 cm³/mol. The Morgan fingerprint density at radius 1 is 1.21 bits per heavy atom. The van der Waals surface area contributed by atoms with Crippen molar-refractivity contribution in [3.63, 3.8) is 0 Å². The van der Waals surface area contributed by atoms with Crippen LogP contribution in [0.4, 0.5) is 10.5 Å². The van der Waals surface area contributed by atoms with Gasteiger partial charge in [-0.15, -0.1) is 0 Å². The first-order valence-electron chi connectivity index (χ1n) is 4.78. The Balaban J connectivity index is 0.000000500. The lowest BCUT2D eigenvalue weighted by Crippen LogP contribution is -2.24. The highest BCUT2D eigenvalue weighted by molar-refractivity contribution is 5.88. The molecule has 0 unspecified atom stereocenters. The van der Waals surface area contributed by atoms with Crippen LogP contribution in [0.2, 0.25) is 0 Å². The lowest BCUT2D eigenvalue weighted by Gasteiger charge is -2.01. The van der Waals surface area contributed by atoms with Crippen molar-refractivity contribution in [2.75, 3.05) is 12.4 Å². The van der Waals surface area contributed by atoms with E-state index in [1.807, 2.05) is 30.3 Å². The van der Waals surface area contributed by atoms with Gasteiger partial charge in [0, 0.05) is 12.7 Å². The quantitative estimate of drug-likeness (QED) is 0.709. The van der Waals surface area contributed by atoms with E-state index in [0.29, 0.717) is 0 Å². The van der Waals surface area contributed by atoms with Crippen molar-refractivity contribution in [2.24, 2.45) is 0 Å². The van der Waals surface area contributed by atoms with Gasteiger partial charge >= 0.3 is 6.03 Å². The van der Waals surface area contributed by atoms with Crippen LogP contribution in [0.15, 0.2) is 30.3 Å². The minimum Gasteiger partial charge on any atom is -0.341 e. The van der Waals surface area contributed by atoms with Crippen molar-refractivity contribution < 1.29 is 4.79 Å². The number of nitrogens with one attached hydrogen (secondary N) is 2. The Labute approximate surface area is 85.5 Å². The van der Waals surface area contributed by atoms with Gasteiger partial charge in [-0.2, -0.15) is 0 Å². The summed E-state index contributed by atoms with van der Waals surface area (Å²) >= 11 is 0. The number of rotatable bonds is 1. The molecule has 0 saturated heterocycles. The minimum atomic E-state index is -0.198. The summed E-state index contributed by atoms with van der Waals surface area (Å²) in [4.78, 5) is 10.8. The van der Waals surface area contributed by atoms with Gasteiger partial charge in [-0.3, -0.25) is 0 Å². The second kappa shape index (κ2) is 8.10. The number of hydrogen-bond acceptors (Lipinski definition) is 1. The van der Waals surface area contributed by atoms with E-state index in [0.717, 1.165) is 5.69 Å². The highest BCUT2D eigenvalue weighted by Gasteiger charge is 1.94. The van der Waals surface area contributed by atoms with Crippen LogP contribution >= 0.6 is 0 Å². The maximum Gasteiger partial charge on any atom is 0.318 e. The molecule has 0 aliphatic carbocycles. The van der Waals surface area contributed by atoms with Crippen LogP contribution in [0.3, 0.4) is 0 Å². The van der Waals surface area contributed by atoms with Crippen LogP contribution < -0.4 is 10.6 Å². The van der Waals surface area contributed by atoms with E-state index in [4.69, 9.17) is 0 Å². The van der Waals surface area contributed by atoms with Crippen molar-refractivity contribution in [3.05, 3.63) is 30.3 Å². The highest BCUT2D eigenvalue weighted by atomic mass is 16.2. The molecule has 14 heavy (non-hydrogen) atoms. The predicted octanol–water partition coefficient (Wildman–Crippen LogP) is 2.85. The van der Waals surface area contributed by atoms with E-state index in [-0.39, 0.29) is 6.03 Å². The van der Waals surface area contributed by atoms with E-state index >= 15 is 0 Å². The lowest BCUT2D eigenvalue weighted by molar-refractivity contribution is 0.254. The Morgan fingerprint density at radius 3 is 2.14 bits per heavy atom. The summed E-state index contributed by atoms with van der Waals surface area (Å²) in [6, 6.07) is 9.09. The van der Waals surface area contributed by atoms with Crippen LogP contribution in [0.25, 0.3) is 0 Å². The van der Waals surface area contributed by atoms with Gasteiger partial charge in [0.15, 0.2) is 0 Å². The molecular formula is C11H18N2O. The Hall–Kier alpha value is -1.51. The van der Waals surface area contributed by atoms with Gasteiger partial charge in [0.25, 0.3) is 0 Å². The molecule has 0 aliphatic heterocycles. The van der Waals surface area contributed by atoms with Crippen LogP contribution in [0.5, 0.6) is 0 Å². The number of carbonyl (C=O) groups excluding carboxylic acids is 1. The molecule has 0 aromatic heterocycles. The summed E-state index contributed by atoms with van der Waals surface area (Å²) in [5.41, 5.74) is 0.798. The monoisotopic (exact) mass is 194 g/mol. The first-order chi connectivity index (χ1) is 6.74.